The van der Waals surface area contributed by atoms with E-state index in [2.05, 4.69) is 35.8 Å². The Morgan fingerprint density at radius 1 is 1.33 bits per heavy atom. The average molecular weight is 308 g/mol. The van der Waals surface area contributed by atoms with Crippen LogP contribution in [-0.4, -0.2) is 16.7 Å². The number of nitrogens with zero attached hydrogens (tertiary/aromatic N) is 2. The third kappa shape index (κ3) is 3.62. The van der Waals surface area contributed by atoms with E-state index in [4.69, 9.17) is 15.3 Å². The lowest BCUT2D eigenvalue weighted by Crippen LogP contribution is -2.14. The molecule has 3 N–H and O–H groups in total. The number of anilines is 1. The Morgan fingerprint density at radius 2 is 2.10 bits per heavy atom. The van der Waals surface area contributed by atoms with Gasteiger partial charge in [-0.3, -0.25) is 0 Å². The number of rotatable bonds is 5. The lowest BCUT2D eigenvalue weighted by Gasteiger charge is -2.23. The molecule has 0 aliphatic rings. The second kappa shape index (κ2) is 6.28. The van der Waals surface area contributed by atoms with E-state index in [0.717, 1.165) is 17.1 Å². The molecule has 0 saturated heterocycles. The fourth-order valence-corrected chi connectivity index (χ4v) is 2.39. The molecule has 2 aromatic rings. The highest BCUT2D eigenvalue weighted by molar-refractivity contribution is 7.10. The number of hydrogen-bond donors (Lipinski definition) is 2. The van der Waals surface area contributed by atoms with Crippen LogP contribution in [0.3, 0.4) is 0 Å². The number of nitrogen functional groups attached to an aromatic ring is 1. The van der Waals surface area contributed by atoms with Gasteiger partial charge in [0.15, 0.2) is 5.00 Å². The van der Waals surface area contributed by atoms with E-state index in [1.165, 1.54) is 11.5 Å². The van der Waals surface area contributed by atoms with Crippen LogP contribution in [0.25, 0.3) is 0 Å². The van der Waals surface area contributed by atoms with Crippen LogP contribution in [0.1, 0.15) is 32.0 Å². The maximum atomic E-state index is 5.90. The lowest BCUT2D eigenvalue weighted by atomic mass is 9.86. The Labute approximate surface area is 128 Å². The fourth-order valence-electron chi connectivity index (χ4n) is 1.91. The van der Waals surface area contributed by atoms with Crippen molar-refractivity contribution >= 4 is 16.5 Å². The monoisotopic (exact) mass is 308 g/mol. The van der Waals surface area contributed by atoms with Crippen molar-refractivity contribution in [2.45, 2.75) is 32.8 Å². The normalized spacial score (nSPS) is 11.3. The van der Waals surface area contributed by atoms with Crippen LogP contribution in [-0.2, 0) is 12.0 Å². The van der Waals surface area contributed by atoms with Crippen LogP contribution in [0, 0.1) is 0 Å². The van der Waals surface area contributed by atoms with Crippen LogP contribution < -0.4 is 20.7 Å². The molecule has 114 valence electrons. The van der Waals surface area contributed by atoms with Crippen LogP contribution >= 0.6 is 11.5 Å². The highest BCUT2D eigenvalue weighted by atomic mass is 32.1. The largest absolute Gasteiger partial charge is 0.497 e. The van der Waals surface area contributed by atoms with E-state index >= 15 is 0 Å². The number of nitrogens with one attached hydrogen (secondary N) is 1. The number of nitrogens with two attached hydrogens (primary N) is 1. The summed E-state index contributed by atoms with van der Waals surface area (Å²) in [5.41, 5.74) is 4.28. The van der Waals surface area contributed by atoms with E-state index in [-0.39, 0.29) is 5.41 Å². The molecule has 6 nitrogen and oxygen atoms in total. The number of ether oxygens (including phenoxy) is 2. The summed E-state index contributed by atoms with van der Waals surface area (Å²) in [6, 6.07) is 5.79. The van der Waals surface area contributed by atoms with Gasteiger partial charge < -0.3 is 14.9 Å². The third-order valence-corrected chi connectivity index (χ3v) is 3.75. The summed E-state index contributed by atoms with van der Waals surface area (Å²) in [7, 11) is 1.66. The SMILES string of the molecule is COc1ccc(OCc2nnsc2NN)c(C(C)(C)C)c1. The Hall–Kier alpha value is -1.86. The molecule has 0 unspecified atom stereocenters. The number of benzene rings is 1. The van der Waals surface area contributed by atoms with E-state index in [0.29, 0.717) is 17.3 Å². The summed E-state index contributed by atoms with van der Waals surface area (Å²) in [5.74, 6) is 7.03. The first-order valence-corrected chi connectivity index (χ1v) is 7.32. The first-order valence-electron chi connectivity index (χ1n) is 6.55. The van der Waals surface area contributed by atoms with Crippen molar-refractivity contribution in [3.8, 4) is 11.5 Å². The average Bonchev–Trinajstić information content (AvgIpc) is 2.91. The molecule has 0 aliphatic carbocycles. The van der Waals surface area contributed by atoms with Gasteiger partial charge in [0.25, 0.3) is 0 Å². The molecule has 0 aliphatic heterocycles. The highest BCUT2D eigenvalue weighted by Crippen LogP contribution is 2.35. The summed E-state index contributed by atoms with van der Waals surface area (Å²) in [4.78, 5) is 0. The van der Waals surface area contributed by atoms with Gasteiger partial charge in [-0.2, -0.15) is 0 Å². The van der Waals surface area contributed by atoms with Gasteiger partial charge in [-0.1, -0.05) is 25.3 Å². The van der Waals surface area contributed by atoms with Gasteiger partial charge in [0.2, 0.25) is 0 Å². The van der Waals surface area contributed by atoms with E-state index < -0.39 is 0 Å². The number of hydrogen-bond acceptors (Lipinski definition) is 7. The lowest BCUT2D eigenvalue weighted by molar-refractivity contribution is 0.292. The number of methoxy groups -OCH3 is 1. The first-order chi connectivity index (χ1) is 9.95. The predicted octanol–water partition coefficient (Wildman–Crippen LogP) is 2.71. The second-order valence-corrected chi connectivity index (χ2v) is 6.35. The molecule has 1 aromatic carbocycles. The van der Waals surface area contributed by atoms with Gasteiger partial charge in [0.05, 0.1) is 7.11 Å². The molecule has 0 bridgehead atoms. The zero-order chi connectivity index (χ0) is 15.5. The van der Waals surface area contributed by atoms with Crippen molar-refractivity contribution in [2.75, 3.05) is 12.5 Å². The quantitative estimate of drug-likeness (QED) is 0.653. The number of hydrazine groups is 1. The van der Waals surface area contributed by atoms with Crippen LogP contribution in [0.4, 0.5) is 5.00 Å². The Bertz CT molecular complexity index is 607. The molecule has 1 heterocycles. The molecule has 0 fully saturated rings. The van der Waals surface area contributed by atoms with Gasteiger partial charge in [-0.25, -0.2) is 5.84 Å². The van der Waals surface area contributed by atoms with Crippen molar-refractivity contribution in [2.24, 2.45) is 5.84 Å². The Morgan fingerprint density at radius 3 is 2.71 bits per heavy atom. The predicted molar refractivity (Wildman–Crippen MR) is 83.7 cm³/mol. The molecule has 2 rings (SSSR count). The van der Waals surface area contributed by atoms with E-state index in [1.807, 2.05) is 18.2 Å². The van der Waals surface area contributed by atoms with Crippen molar-refractivity contribution in [1.29, 1.82) is 0 Å². The van der Waals surface area contributed by atoms with Crippen molar-refractivity contribution < 1.29 is 9.47 Å². The Balaban J connectivity index is 2.23. The zero-order valence-electron chi connectivity index (χ0n) is 12.6. The highest BCUT2D eigenvalue weighted by Gasteiger charge is 2.20. The maximum Gasteiger partial charge on any atom is 0.150 e. The molecule has 1 aromatic heterocycles. The molecule has 21 heavy (non-hydrogen) atoms. The van der Waals surface area contributed by atoms with Gasteiger partial charge in [-0.15, -0.1) is 5.10 Å². The molecular formula is C14H20N4O2S. The van der Waals surface area contributed by atoms with E-state index in [9.17, 15) is 0 Å². The van der Waals surface area contributed by atoms with Gasteiger partial charge in [0, 0.05) is 17.1 Å². The van der Waals surface area contributed by atoms with Gasteiger partial charge in [0.1, 0.15) is 23.8 Å². The smallest absolute Gasteiger partial charge is 0.150 e. The summed E-state index contributed by atoms with van der Waals surface area (Å²) >= 11 is 1.20. The topological polar surface area (TPSA) is 82.3 Å². The molecule has 0 spiro atoms. The maximum absolute atomic E-state index is 5.90. The standard InChI is InChI=1S/C14H20N4O2S/c1-14(2,3)10-7-9(19-4)5-6-12(10)20-8-11-13(16-15)21-18-17-11/h5-7,16H,8,15H2,1-4H3. The second-order valence-electron chi connectivity index (χ2n) is 5.59. The summed E-state index contributed by atoms with van der Waals surface area (Å²) in [6.07, 6.45) is 0. The first kappa shape index (κ1) is 15.5. The van der Waals surface area contributed by atoms with Crippen LogP contribution in [0.2, 0.25) is 0 Å². The minimum atomic E-state index is -0.0564. The van der Waals surface area contributed by atoms with Crippen molar-refractivity contribution in [3.05, 3.63) is 29.5 Å². The minimum absolute atomic E-state index is 0.0564. The fraction of sp³-hybridized carbons (Fsp3) is 0.429. The summed E-state index contributed by atoms with van der Waals surface area (Å²) in [5, 5.41) is 4.71. The van der Waals surface area contributed by atoms with Crippen molar-refractivity contribution in [3.63, 3.8) is 0 Å². The molecule has 7 heteroatoms. The molecule has 0 radical (unpaired) electrons. The van der Waals surface area contributed by atoms with Crippen molar-refractivity contribution in [1.82, 2.24) is 9.59 Å². The molecular weight excluding hydrogens is 288 g/mol. The summed E-state index contributed by atoms with van der Waals surface area (Å²) < 4.78 is 15.0. The van der Waals surface area contributed by atoms with Gasteiger partial charge >= 0.3 is 0 Å². The molecule has 0 atom stereocenters. The van der Waals surface area contributed by atoms with E-state index in [1.54, 1.807) is 7.11 Å². The van der Waals surface area contributed by atoms with Gasteiger partial charge in [-0.05, 0) is 23.6 Å². The minimum Gasteiger partial charge on any atom is -0.497 e. The Kier molecular flexibility index (Phi) is 4.64. The third-order valence-electron chi connectivity index (χ3n) is 3.05. The molecule has 0 amide bonds. The van der Waals surface area contributed by atoms with Crippen LogP contribution in [0.15, 0.2) is 18.2 Å². The number of aromatic nitrogens is 2. The molecule has 0 saturated carbocycles. The summed E-state index contributed by atoms with van der Waals surface area (Å²) in [6.45, 7) is 6.70. The van der Waals surface area contributed by atoms with Crippen LogP contribution in [0.5, 0.6) is 11.5 Å². The zero-order valence-corrected chi connectivity index (χ0v) is 13.5.